The quantitative estimate of drug-likeness (QED) is 0.455. The van der Waals surface area contributed by atoms with Crippen LogP contribution in [0.5, 0.6) is 0 Å². The molecule has 0 radical (unpaired) electrons. The Morgan fingerprint density at radius 2 is 1.70 bits per heavy atom. The van der Waals surface area contributed by atoms with Gasteiger partial charge in [-0.1, -0.05) is 19.3 Å². The van der Waals surface area contributed by atoms with Crippen molar-refractivity contribution in [3.8, 4) is 0 Å². The molecular formula is C8H14OS. The van der Waals surface area contributed by atoms with Crippen LogP contribution in [0.4, 0.5) is 0 Å². The van der Waals surface area contributed by atoms with Crippen molar-refractivity contribution in [1.29, 1.82) is 0 Å². The van der Waals surface area contributed by atoms with Gasteiger partial charge in [-0.05, 0) is 37.6 Å². The lowest BCUT2D eigenvalue weighted by Gasteiger charge is -2.05. The maximum Gasteiger partial charge on any atom is 0.0724 e. The van der Waals surface area contributed by atoms with E-state index in [0.717, 1.165) is 11.8 Å². The maximum atomic E-state index is 5.04. The Labute approximate surface area is 67.8 Å². The Kier molecular flexibility index (Phi) is 1.92. The van der Waals surface area contributed by atoms with Crippen LogP contribution in [0.15, 0.2) is 0 Å². The van der Waals surface area contributed by atoms with E-state index in [1.54, 1.807) is 0 Å². The predicted octanol–water partition coefficient (Wildman–Crippen LogP) is 2.43. The van der Waals surface area contributed by atoms with Gasteiger partial charge in [0.15, 0.2) is 0 Å². The monoisotopic (exact) mass is 158 g/mol. The molecule has 0 heterocycles. The fraction of sp³-hybridized carbons (Fsp3) is 1.00. The van der Waals surface area contributed by atoms with Crippen LogP contribution in [0, 0.1) is 11.8 Å². The number of hydrogen-bond acceptors (Lipinski definition) is 2. The second-order valence-electron chi connectivity index (χ2n) is 3.65. The van der Waals surface area contributed by atoms with Crippen molar-refractivity contribution in [1.82, 2.24) is 0 Å². The first-order chi connectivity index (χ1) is 4.90. The van der Waals surface area contributed by atoms with Gasteiger partial charge < -0.3 is 4.18 Å². The largest absolute Gasteiger partial charge is 0.315 e. The summed E-state index contributed by atoms with van der Waals surface area (Å²) in [5, 5.41) is 0. The zero-order valence-electron chi connectivity index (χ0n) is 6.12. The first-order valence-electron chi connectivity index (χ1n) is 4.20. The molecule has 0 spiro atoms. The van der Waals surface area contributed by atoms with Gasteiger partial charge in [0.2, 0.25) is 0 Å². The zero-order chi connectivity index (χ0) is 6.97. The third-order valence-corrected chi connectivity index (χ3v) is 3.39. The van der Waals surface area contributed by atoms with Gasteiger partial charge in [0.25, 0.3) is 0 Å². The van der Waals surface area contributed by atoms with Crippen molar-refractivity contribution in [2.24, 2.45) is 11.8 Å². The molecule has 2 rings (SSSR count). The van der Waals surface area contributed by atoms with Gasteiger partial charge in [-0.25, -0.2) is 0 Å². The van der Waals surface area contributed by atoms with E-state index in [4.69, 9.17) is 4.18 Å². The van der Waals surface area contributed by atoms with Crippen LogP contribution < -0.4 is 0 Å². The minimum absolute atomic E-state index is 0.471. The fourth-order valence-electron chi connectivity index (χ4n) is 2.59. The Bertz CT molecular complexity index is 114. The molecule has 0 aromatic carbocycles. The molecule has 2 aliphatic rings. The summed E-state index contributed by atoms with van der Waals surface area (Å²) in [6.45, 7) is 0. The van der Waals surface area contributed by atoms with E-state index in [-0.39, 0.29) is 0 Å². The molecule has 2 fully saturated rings. The Morgan fingerprint density at radius 1 is 1.10 bits per heavy atom. The van der Waals surface area contributed by atoms with Gasteiger partial charge in [-0.3, -0.25) is 0 Å². The normalized spacial score (nSPS) is 45.9. The van der Waals surface area contributed by atoms with E-state index in [2.05, 4.69) is 12.9 Å². The lowest BCUT2D eigenvalue weighted by Crippen LogP contribution is -2.01. The Balaban J connectivity index is 1.94. The highest BCUT2D eigenvalue weighted by molar-refractivity contribution is 7.75. The lowest BCUT2D eigenvalue weighted by molar-refractivity contribution is 0.242. The zero-order valence-corrected chi connectivity index (χ0v) is 7.02. The summed E-state index contributed by atoms with van der Waals surface area (Å²) in [7, 11) is 0. The lowest BCUT2D eigenvalue weighted by atomic mass is 10.0. The molecule has 0 bridgehead atoms. The third kappa shape index (κ3) is 1.08. The summed E-state index contributed by atoms with van der Waals surface area (Å²) in [4.78, 5) is 0. The van der Waals surface area contributed by atoms with Crippen LogP contribution in [0.3, 0.4) is 0 Å². The van der Waals surface area contributed by atoms with E-state index in [1.807, 2.05) is 0 Å². The molecule has 58 valence electrons. The van der Waals surface area contributed by atoms with Crippen molar-refractivity contribution in [2.45, 2.75) is 38.2 Å². The van der Waals surface area contributed by atoms with E-state index in [9.17, 15) is 0 Å². The topological polar surface area (TPSA) is 9.23 Å². The first kappa shape index (κ1) is 6.99. The highest BCUT2D eigenvalue weighted by Gasteiger charge is 2.37. The van der Waals surface area contributed by atoms with Crippen molar-refractivity contribution >= 4 is 12.9 Å². The van der Waals surface area contributed by atoms with Crippen LogP contribution in [0.2, 0.25) is 0 Å². The summed E-state index contributed by atoms with van der Waals surface area (Å²) in [6, 6.07) is 0. The molecule has 2 heteroatoms. The molecule has 2 saturated carbocycles. The molecule has 0 aromatic rings. The van der Waals surface area contributed by atoms with E-state index < -0.39 is 0 Å². The molecule has 0 aliphatic heterocycles. The Morgan fingerprint density at radius 3 is 2.20 bits per heavy atom. The van der Waals surface area contributed by atoms with Crippen LogP contribution in [-0.4, -0.2) is 6.10 Å². The molecule has 1 nitrogen and oxygen atoms in total. The molecule has 0 amide bonds. The predicted molar refractivity (Wildman–Crippen MR) is 43.9 cm³/mol. The number of fused-ring (bicyclic) bond motifs is 1. The smallest absolute Gasteiger partial charge is 0.0724 e. The second-order valence-corrected chi connectivity index (χ2v) is 3.86. The Hall–Kier alpha value is 0.310. The van der Waals surface area contributed by atoms with Crippen molar-refractivity contribution < 1.29 is 4.18 Å². The van der Waals surface area contributed by atoms with Crippen molar-refractivity contribution in [3.05, 3.63) is 0 Å². The van der Waals surface area contributed by atoms with Gasteiger partial charge in [-0.15, -0.1) is 0 Å². The standard InChI is InChI=1S/C8H14OS/c10-9-8-4-6-2-1-3-7(6)5-8/h6-8,10H,1-5H2. The van der Waals surface area contributed by atoms with Crippen molar-refractivity contribution in [2.75, 3.05) is 0 Å². The van der Waals surface area contributed by atoms with Crippen LogP contribution in [-0.2, 0) is 4.18 Å². The molecule has 2 atom stereocenters. The molecular weight excluding hydrogens is 144 g/mol. The maximum absolute atomic E-state index is 5.04. The van der Waals surface area contributed by atoms with Gasteiger partial charge in [0.1, 0.15) is 0 Å². The van der Waals surface area contributed by atoms with Gasteiger partial charge in [-0.2, -0.15) is 0 Å². The SMILES string of the molecule is SOC1CC2CCCC2C1. The summed E-state index contributed by atoms with van der Waals surface area (Å²) >= 11 is 3.86. The third-order valence-electron chi connectivity index (χ3n) is 3.10. The van der Waals surface area contributed by atoms with Gasteiger partial charge in [0.05, 0.1) is 6.10 Å². The average Bonchev–Trinajstić information content (AvgIpc) is 2.42. The van der Waals surface area contributed by atoms with Gasteiger partial charge in [0, 0.05) is 0 Å². The molecule has 2 unspecified atom stereocenters. The molecule has 2 aliphatic carbocycles. The molecule has 0 N–H and O–H groups in total. The van der Waals surface area contributed by atoms with E-state index in [1.165, 1.54) is 32.1 Å². The van der Waals surface area contributed by atoms with E-state index >= 15 is 0 Å². The fourth-order valence-corrected chi connectivity index (χ4v) is 2.76. The number of hydrogen-bond donors (Lipinski definition) is 1. The van der Waals surface area contributed by atoms with E-state index in [0.29, 0.717) is 6.10 Å². The minimum atomic E-state index is 0.471. The number of thiol groups is 1. The summed E-state index contributed by atoms with van der Waals surface area (Å²) in [5.74, 6) is 1.97. The van der Waals surface area contributed by atoms with Crippen molar-refractivity contribution in [3.63, 3.8) is 0 Å². The molecule has 10 heavy (non-hydrogen) atoms. The summed E-state index contributed by atoms with van der Waals surface area (Å²) < 4.78 is 5.04. The highest BCUT2D eigenvalue weighted by atomic mass is 32.1. The summed E-state index contributed by atoms with van der Waals surface area (Å²) in [5.41, 5.74) is 0. The first-order valence-corrected chi connectivity index (χ1v) is 4.57. The van der Waals surface area contributed by atoms with Gasteiger partial charge >= 0.3 is 0 Å². The molecule has 0 saturated heterocycles. The van der Waals surface area contributed by atoms with Crippen LogP contribution in [0.25, 0.3) is 0 Å². The summed E-state index contributed by atoms with van der Waals surface area (Å²) in [6.07, 6.45) is 7.35. The van der Waals surface area contributed by atoms with Crippen LogP contribution >= 0.6 is 12.9 Å². The minimum Gasteiger partial charge on any atom is -0.315 e. The average molecular weight is 158 g/mol. The molecule has 0 aromatic heterocycles. The van der Waals surface area contributed by atoms with Crippen LogP contribution in [0.1, 0.15) is 32.1 Å². The second kappa shape index (κ2) is 2.74. The highest BCUT2D eigenvalue weighted by Crippen LogP contribution is 2.44. The number of rotatable bonds is 1.